The van der Waals surface area contributed by atoms with Gasteiger partial charge in [-0.05, 0) is 61.4 Å². The van der Waals surface area contributed by atoms with Crippen molar-refractivity contribution in [2.45, 2.75) is 58.0 Å². The van der Waals surface area contributed by atoms with Gasteiger partial charge < -0.3 is 29.5 Å². The summed E-state index contributed by atoms with van der Waals surface area (Å²) in [6.45, 7) is 3.30. The molecule has 1 saturated carbocycles. The number of nitrogens with zero attached hydrogens (tertiary/aromatic N) is 3. The van der Waals surface area contributed by atoms with E-state index in [4.69, 9.17) is 19.1 Å². The molecule has 0 radical (unpaired) electrons. The van der Waals surface area contributed by atoms with Gasteiger partial charge in [0.1, 0.15) is 25.1 Å². The van der Waals surface area contributed by atoms with Gasteiger partial charge in [-0.3, -0.25) is 4.79 Å². The van der Waals surface area contributed by atoms with Gasteiger partial charge in [-0.15, -0.1) is 0 Å². The van der Waals surface area contributed by atoms with Crippen molar-refractivity contribution in [1.29, 1.82) is 0 Å². The third-order valence-electron chi connectivity index (χ3n) is 6.63. The average Bonchev–Trinajstić information content (AvgIpc) is 3.63. The van der Waals surface area contributed by atoms with Crippen LogP contribution in [0.5, 0.6) is 11.6 Å². The molecule has 2 aromatic heterocycles. The molecule has 0 bridgehead atoms. The highest BCUT2D eigenvalue weighted by Gasteiger charge is 2.23. The van der Waals surface area contributed by atoms with Crippen molar-refractivity contribution in [3.8, 4) is 34.5 Å². The maximum absolute atomic E-state index is 11.2. The second-order valence-corrected chi connectivity index (χ2v) is 9.29. The van der Waals surface area contributed by atoms with Gasteiger partial charge in [-0.1, -0.05) is 24.9 Å². The normalized spacial score (nSPS) is 14.5. The van der Waals surface area contributed by atoms with E-state index in [-0.39, 0.29) is 13.2 Å². The number of methoxy groups -OCH3 is 1. The van der Waals surface area contributed by atoms with E-state index in [9.17, 15) is 9.90 Å². The quantitative estimate of drug-likeness (QED) is 0.355. The lowest BCUT2D eigenvalue weighted by Gasteiger charge is -2.17. The number of hydrogen-bond acceptors (Lipinski definition) is 9. The molecule has 1 aliphatic rings. The Bertz CT molecular complexity index is 1220. The van der Waals surface area contributed by atoms with Gasteiger partial charge in [0.05, 0.1) is 12.7 Å². The summed E-state index contributed by atoms with van der Waals surface area (Å²) in [4.78, 5) is 20.3. The number of aromatic nitrogens is 3. The van der Waals surface area contributed by atoms with E-state index in [2.05, 4.69) is 20.4 Å². The lowest BCUT2D eigenvalue weighted by molar-refractivity contribution is -0.124. The van der Waals surface area contributed by atoms with Gasteiger partial charge in [-0.2, -0.15) is 4.98 Å². The first kappa shape index (κ1) is 26.6. The average molecular weight is 511 g/mol. The molecular weight excluding hydrogens is 476 g/mol. The van der Waals surface area contributed by atoms with Crippen LogP contribution in [0.15, 0.2) is 28.9 Å². The first-order valence-electron chi connectivity index (χ1n) is 12.6. The van der Waals surface area contributed by atoms with E-state index >= 15 is 0 Å². The standard InChI is InChI=1S/C27H34N4O6/c1-4-17-10-19(9-16(2)24(17)36-15-21(33)13-28-23(34)14-32)25-30-26(37-31-25)20-11-22(18-7-5-6-8-18)27(35-3)29-12-20/h9-12,18,21,32-33H,4-8,13-15H2,1-3H3,(H,28,34)/t21-/m0/s1. The second-order valence-electron chi connectivity index (χ2n) is 9.29. The van der Waals surface area contributed by atoms with Gasteiger partial charge in [0.25, 0.3) is 5.89 Å². The molecule has 1 atom stereocenters. The van der Waals surface area contributed by atoms with Crippen LogP contribution >= 0.6 is 0 Å². The van der Waals surface area contributed by atoms with Crippen LogP contribution in [0.25, 0.3) is 22.8 Å². The number of amides is 1. The number of pyridine rings is 1. The Morgan fingerprint density at radius 1 is 1.24 bits per heavy atom. The molecule has 1 fully saturated rings. The fourth-order valence-electron chi connectivity index (χ4n) is 4.72. The number of carbonyl (C=O) groups is 1. The highest BCUT2D eigenvalue weighted by Crippen LogP contribution is 2.39. The molecule has 4 rings (SSSR count). The summed E-state index contributed by atoms with van der Waals surface area (Å²) in [5.41, 5.74) is 4.44. The van der Waals surface area contributed by atoms with E-state index in [0.29, 0.717) is 35.7 Å². The van der Waals surface area contributed by atoms with Gasteiger partial charge in [0.2, 0.25) is 17.6 Å². The Hall–Kier alpha value is -3.50. The number of benzene rings is 1. The molecule has 0 aliphatic heterocycles. The van der Waals surface area contributed by atoms with Crippen LogP contribution in [0.2, 0.25) is 0 Å². The van der Waals surface area contributed by atoms with Crippen LogP contribution in [0.3, 0.4) is 0 Å². The van der Waals surface area contributed by atoms with Crippen molar-refractivity contribution in [3.63, 3.8) is 0 Å². The van der Waals surface area contributed by atoms with Crippen LogP contribution in [-0.2, 0) is 11.2 Å². The summed E-state index contributed by atoms with van der Waals surface area (Å²) in [6, 6.07) is 5.92. The minimum absolute atomic E-state index is 0.000942. The van der Waals surface area contributed by atoms with E-state index in [0.717, 1.165) is 40.7 Å². The first-order chi connectivity index (χ1) is 17.9. The van der Waals surface area contributed by atoms with E-state index in [1.54, 1.807) is 13.3 Å². The largest absolute Gasteiger partial charge is 0.490 e. The molecule has 1 aromatic carbocycles. The molecule has 3 aromatic rings. The third kappa shape index (κ3) is 6.26. The van der Waals surface area contributed by atoms with Crippen LogP contribution in [0.1, 0.15) is 55.2 Å². The molecule has 0 unspecified atom stereocenters. The topological polar surface area (TPSA) is 140 Å². The molecule has 2 heterocycles. The van der Waals surface area contributed by atoms with Crippen LogP contribution < -0.4 is 14.8 Å². The molecule has 10 nitrogen and oxygen atoms in total. The Balaban J connectivity index is 1.52. The summed E-state index contributed by atoms with van der Waals surface area (Å²) in [7, 11) is 1.64. The SMILES string of the molecule is CCc1cc(-c2noc(-c3cnc(OC)c(C4CCCC4)c3)n2)cc(C)c1OC[C@@H](O)CNC(=O)CO. The summed E-state index contributed by atoms with van der Waals surface area (Å²) in [5, 5.41) is 25.5. The molecule has 1 amide bonds. The van der Waals surface area contributed by atoms with Crippen molar-refractivity contribution >= 4 is 5.91 Å². The van der Waals surface area contributed by atoms with Gasteiger partial charge in [0, 0.05) is 23.9 Å². The van der Waals surface area contributed by atoms with E-state index in [1.165, 1.54) is 12.8 Å². The lowest BCUT2D eigenvalue weighted by Crippen LogP contribution is -2.36. The van der Waals surface area contributed by atoms with Gasteiger partial charge >= 0.3 is 0 Å². The van der Waals surface area contributed by atoms with Crippen LogP contribution in [-0.4, -0.2) is 64.2 Å². The molecule has 1 aliphatic carbocycles. The number of aryl methyl sites for hydroxylation is 2. The molecule has 10 heteroatoms. The van der Waals surface area contributed by atoms with Crippen molar-refractivity contribution in [3.05, 3.63) is 41.1 Å². The predicted octanol–water partition coefficient (Wildman–Crippen LogP) is 3.18. The molecular formula is C27H34N4O6. The van der Waals surface area contributed by atoms with Gasteiger partial charge in [0.15, 0.2) is 0 Å². The maximum atomic E-state index is 11.2. The Labute approximate surface area is 216 Å². The Morgan fingerprint density at radius 3 is 2.73 bits per heavy atom. The fourth-order valence-corrected chi connectivity index (χ4v) is 4.72. The van der Waals surface area contributed by atoms with Crippen molar-refractivity contribution in [2.75, 3.05) is 26.9 Å². The number of nitrogens with one attached hydrogen (secondary N) is 1. The lowest BCUT2D eigenvalue weighted by atomic mass is 9.97. The second kappa shape index (κ2) is 12.2. The number of aliphatic hydroxyl groups excluding tert-OH is 2. The van der Waals surface area contributed by atoms with Crippen molar-refractivity contribution < 1.29 is 29.0 Å². The number of aliphatic hydroxyl groups is 2. The summed E-state index contributed by atoms with van der Waals surface area (Å²) < 4.78 is 17.0. The summed E-state index contributed by atoms with van der Waals surface area (Å²) >= 11 is 0. The minimum Gasteiger partial charge on any atom is -0.490 e. The Kier molecular flexibility index (Phi) is 8.73. The molecule has 37 heavy (non-hydrogen) atoms. The number of rotatable bonds is 11. The fraction of sp³-hybridized carbons (Fsp3) is 0.481. The van der Waals surface area contributed by atoms with E-state index in [1.807, 2.05) is 32.0 Å². The van der Waals surface area contributed by atoms with Crippen molar-refractivity contribution in [2.24, 2.45) is 0 Å². The van der Waals surface area contributed by atoms with Crippen LogP contribution in [0.4, 0.5) is 0 Å². The summed E-state index contributed by atoms with van der Waals surface area (Å²) in [6.07, 6.45) is 6.14. The highest BCUT2D eigenvalue weighted by atomic mass is 16.5. The molecule has 0 spiro atoms. The predicted molar refractivity (Wildman–Crippen MR) is 136 cm³/mol. The van der Waals surface area contributed by atoms with Crippen molar-refractivity contribution in [1.82, 2.24) is 20.4 Å². The summed E-state index contributed by atoms with van der Waals surface area (Å²) in [5.74, 6) is 2.06. The van der Waals surface area contributed by atoms with E-state index < -0.39 is 18.6 Å². The third-order valence-corrected chi connectivity index (χ3v) is 6.63. The van der Waals surface area contributed by atoms with Gasteiger partial charge in [-0.25, -0.2) is 4.98 Å². The molecule has 198 valence electrons. The number of carbonyl (C=O) groups excluding carboxylic acids is 1. The number of hydrogen-bond donors (Lipinski definition) is 3. The zero-order valence-corrected chi connectivity index (χ0v) is 21.5. The highest BCUT2D eigenvalue weighted by molar-refractivity contribution is 5.76. The monoisotopic (exact) mass is 510 g/mol. The first-order valence-corrected chi connectivity index (χ1v) is 12.6. The smallest absolute Gasteiger partial charge is 0.259 e. The molecule has 3 N–H and O–H groups in total. The minimum atomic E-state index is -0.911. The Morgan fingerprint density at radius 2 is 2.03 bits per heavy atom. The number of ether oxygens (including phenoxy) is 2. The maximum Gasteiger partial charge on any atom is 0.259 e. The zero-order chi connectivity index (χ0) is 26.4. The molecule has 0 saturated heterocycles. The zero-order valence-electron chi connectivity index (χ0n) is 21.5. The van der Waals surface area contributed by atoms with Crippen LogP contribution in [0, 0.1) is 6.92 Å².